The topological polar surface area (TPSA) is 60.9 Å². The first-order valence-corrected chi connectivity index (χ1v) is 8.61. The Morgan fingerprint density at radius 2 is 1.68 bits per heavy atom. The average molecular weight is 347 g/mol. The van der Waals surface area contributed by atoms with Gasteiger partial charge in [0.2, 0.25) is 17.7 Å². The van der Waals surface area contributed by atoms with Gasteiger partial charge in [-0.05, 0) is 24.5 Å². The molecule has 2 saturated heterocycles. The molecule has 2 aliphatic rings. The molecule has 0 saturated carbocycles. The molecule has 1 aromatic carbocycles. The summed E-state index contributed by atoms with van der Waals surface area (Å²) in [5, 5.41) is 0. The van der Waals surface area contributed by atoms with Crippen LogP contribution in [0, 0.1) is 5.82 Å². The van der Waals surface area contributed by atoms with Crippen LogP contribution in [0.2, 0.25) is 0 Å². The van der Waals surface area contributed by atoms with Crippen LogP contribution in [0.4, 0.5) is 4.39 Å². The maximum atomic E-state index is 13.7. The Kier molecular flexibility index (Phi) is 5.31. The maximum Gasteiger partial charge on any atom is 0.242 e. The molecule has 7 heteroatoms. The van der Waals surface area contributed by atoms with Crippen LogP contribution in [-0.2, 0) is 20.8 Å². The second kappa shape index (κ2) is 7.63. The molecule has 3 amide bonds. The molecule has 0 atom stereocenters. The van der Waals surface area contributed by atoms with E-state index in [0.717, 1.165) is 25.9 Å². The lowest BCUT2D eigenvalue weighted by Crippen LogP contribution is -2.54. The van der Waals surface area contributed by atoms with E-state index >= 15 is 0 Å². The van der Waals surface area contributed by atoms with Gasteiger partial charge in [-0.15, -0.1) is 0 Å². The van der Waals surface area contributed by atoms with Gasteiger partial charge in [0.1, 0.15) is 5.82 Å². The minimum atomic E-state index is -0.419. The summed E-state index contributed by atoms with van der Waals surface area (Å²) in [5.74, 6) is -0.960. The van der Waals surface area contributed by atoms with Gasteiger partial charge in [0.25, 0.3) is 0 Å². The van der Waals surface area contributed by atoms with Crippen LogP contribution in [0.5, 0.6) is 0 Å². The zero-order valence-corrected chi connectivity index (χ0v) is 14.1. The van der Waals surface area contributed by atoms with Crippen molar-refractivity contribution in [2.24, 2.45) is 0 Å². The van der Waals surface area contributed by atoms with Crippen LogP contribution in [0.1, 0.15) is 18.4 Å². The van der Waals surface area contributed by atoms with Crippen LogP contribution < -0.4 is 0 Å². The molecule has 0 aromatic heterocycles. The number of rotatable bonds is 4. The molecule has 0 aliphatic carbocycles. The number of nitrogens with zero attached hydrogens (tertiary/aromatic N) is 3. The van der Waals surface area contributed by atoms with Crippen molar-refractivity contribution in [3.63, 3.8) is 0 Å². The third-order valence-electron chi connectivity index (χ3n) is 4.76. The fraction of sp³-hybridized carbons (Fsp3) is 0.500. The Labute approximate surface area is 146 Å². The summed E-state index contributed by atoms with van der Waals surface area (Å²) in [7, 11) is 0. The van der Waals surface area contributed by atoms with Crippen molar-refractivity contribution in [3.05, 3.63) is 35.6 Å². The summed E-state index contributed by atoms with van der Waals surface area (Å²) in [4.78, 5) is 41.5. The quantitative estimate of drug-likeness (QED) is 0.804. The number of amides is 3. The van der Waals surface area contributed by atoms with E-state index < -0.39 is 5.82 Å². The van der Waals surface area contributed by atoms with Crippen molar-refractivity contribution in [3.8, 4) is 0 Å². The molecule has 2 fully saturated rings. The van der Waals surface area contributed by atoms with E-state index in [1.165, 1.54) is 15.9 Å². The van der Waals surface area contributed by atoms with Gasteiger partial charge < -0.3 is 14.7 Å². The summed E-state index contributed by atoms with van der Waals surface area (Å²) in [6.07, 6.45) is 1.96. The molecular weight excluding hydrogens is 325 g/mol. The molecule has 134 valence electrons. The molecule has 3 rings (SSSR count). The van der Waals surface area contributed by atoms with Gasteiger partial charge in [-0.25, -0.2) is 4.39 Å². The minimum absolute atomic E-state index is 0.0306. The van der Waals surface area contributed by atoms with E-state index in [0.29, 0.717) is 18.7 Å². The SMILES string of the molecule is O=C(CN1CCN(C(=O)Cc2ccccc2F)CC1=O)N1CCCC1. The normalized spacial score (nSPS) is 18.0. The van der Waals surface area contributed by atoms with Crippen molar-refractivity contribution in [2.45, 2.75) is 19.3 Å². The van der Waals surface area contributed by atoms with E-state index in [2.05, 4.69) is 0 Å². The van der Waals surface area contributed by atoms with E-state index in [4.69, 9.17) is 0 Å². The molecule has 0 spiro atoms. The Hall–Kier alpha value is -2.44. The zero-order valence-electron chi connectivity index (χ0n) is 14.1. The van der Waals surface area contributed by atoms with E-state index in [-0.39, 0.29) is 37.2 Å². The van der Waals surface area contributed by atoms with E-state index in [1.807, 2.05) is 0 Å². The number of piperazine rings is 1. The molecule has 0 N–H and O–H groups in total. The number of benzene rings is 1. The lowest BCUT2D eigenvalue weighted by molar-refractivity contribution is -0.148. The van der Waals surface area contributed by atoms with Crippen molar-refractivity contribution >= 4 is 17.7 Å². The lowest BCUT2D eigenvalue weighted by Gasteiger charge is -2.34. The molecule has 0 unspecified atom stereocenters. The van der Waals surface area contributed by atoms with Crippen LogP contribution in [-0.4, -0.2) is 71.7 Å². The number of halogens is 1. The minimum Gasteiger partial charge on any atom is -0.341 e. The van der Waals surface area contributed by atoms with Gasteiger partial charge >= 0.3 is 0 Å². The van der Waals surface area contributed by atoms with Crippen molar-refractivity contribution in [1.82, 2.24) is 14.7 Å². The number of hydrogen-bond acceptors (Lipinski definition) is 3. The van der Waals surface area contributed by atoms with Gasteiger partial charge in [0.15, 0.2) is 0 Å². The van der Waals surface area contributed by atoms with Gasteiger partial charge in [0, 0.05) is 26.2 Å². The Morgan fingerprint density at radius 1 is 0.960 bits per heavy atom. The number of hydrogen-bond donors (Lipinski definition) is 0. The monoisotopic (exact) mass is 347 g/mol. The van der Waals surface area contributed by atoms with Crippen LogP contribution in [0.3, 0.4) is 0 Å². The summed E-state index contributed by atoms with van der Waals surface area (Å²) >= 11 is 0. The number of carbonyl (C=O) groups excluding carboxylic acids is 3. The highest BCUT2D eigenvalue weighted by atomic mass is 19.1. The third kappa shape index (κ3) is 4.15. The summed E-state index contributed by atoms with van der Waals surface area (Å²) in [6.45, 7) is 2.24. The summed E-state index contributed by atoms with van der Waals surface area (Å²) in [5.41, 5.74) is 0.326. The highest BCUT2D eigenvalue weighted by molar-refractivity contribution is 5.90. The third-order valence-corrected chi connectivity index (χ3v) is 4.76. The predicted octanol–water partition coefficient (Wildman–Crippen LogP) is 0.661. The van der Waals surface area contributed by atoms with E-state index in [9.17, 15) is 18.8 Å². The highest BCUT2D eigenvalue weighted by Gasteiger charge is 2.30. The summed E-state index contributed by atoms with van der Waals surface area (Å²) in [6, 6.07) is 6.14. The van der Waals surface area contributed by atoms with Gasteiger partial charge in [0.05, 0.1) is 19.5 Å². The number of likely N-dealkylation sites (tertiary alicyclic amines) is 1. The fourth-order valence-corrected chi connectivity index (χ4v) is 3.23. The Bertz CT molecular complexity index is 673. The summed E-state index contributed by atoms with van der Waals surface area (Å²) < 4.78 is 13.7. The molecule has 2 heterocycles. The molecule has 6 nitrogen and oxygen atoms in total. The van der Waals surface area contributed by atoms with Crippen LogP contribution in [0.15, 0.2) is 24.3 Å². The predicted molar refractivity (Wildman–Crippen MR) is 89.1 cm³/mol. The molecule has 1 aromatic rings. The molecule has 2 aliphatic heterocycles. The first-order chi connectivity index (χ1) is 12.0. The molecule has 0 bridgehead atoms. The Morgan fingerprint density at radius 3 is 2.36 bits per heavy atom. The standard InChI is InChI=1S/C18H22FN3O3/c19-15-6-2-1-5-14(15)11-16(23)21-9-10-22(18(25)13-21)12-17(24)20-7-3-4-8-20/h1-2,5-6H,3-4,7-13H2. The largest absolute Gasteiger partial charge is 0.341 e. The molecule has 0 radical (unpaired) electrons. The van der Waals surface area contributed by atoms with Crippen molar-refractivity contribution < 1.29 is 18.8 Å². The Balaban J connectivity index is 1.52. The van der Waals surface area contributed by atoms with Gasteiger partial charge in [-0.2, -0.15) is 0 Å². The molecular formula is C18H22FN3O3. The first kappa shape index (κ1) is 17.4. The smallest absolute Gasteiger partial charge is 0.242 e. The molecule has 25 heavy (non-hydrogen) atoms. The van der Waals surface area contributed by atoms with Crippen molar-refractivity contribution in [2.75, 3.05) is 39.3 Å². The lowest BCUT2D eigenvalue weighted by atomic mass is 10.1. The van der Waals surface area contributed by atoms with Crippen LogP contribution in [0.25, 0.3) is 0 Å². The maximum absolute atomic E-state index is 13.7. The van der Waals surface area contributed by atoms with Gasteiger partial charge in [-0.3, -0.25) is 14.4 Å². The van der Waals surface area contributed by atoms with E-state index in [1.54, 1.807) is 23.1 Å². The second-order valence-electron chi connectivity index (χ2n) is 6.49. The van der Waals surface area contributed by atoms with Crippen LogP contribution >= 0.6 is 0 Å². The average Bonchev–Trinajstić information content (AvgIpc) is 3.13. The second-order valence-corrected chi connectivity index (χ2v) is 6.49. The van der Waals surface area contributed by atoms with Gasteiger partial charge in [-0.1, -0.05) is 18.2 Å². The first-order valence-electron chi connectivity index (χ1n) is 8.61. The highest BCUT2D eigenvalue weighted by Crippen LogP contribution is 2.12. The van der Waals surface area contributed by atoms with Crippen molar-refractivity contribution in [1.29, 1.82) is 0 Å². The zero-order chi connectivity index (χ0) is 17.8. The fourth-order valence-electron chi connectivity index (χ4n) is 3.23. The number of carbonyl (C=O) groups is 3.